The lowest BCUT2D eigenvalue weighted by atomic mass is 10.2. The first-order chi connectivity index (χ1) is 11.6. The highest BCUT2D eigenvalue weighted by atomic mass is 19.3. The van der Waals surface area contributed by atoms with E-state index in [1.54, 1.807) is 18.2 Å². The maximum atomic E-state index is 13.5. The molecule has 1 aromatic carbocycles. The van der Waals surface area contributed by atoms with Crippen LogP contribution in [0.5, 0.6) is 0 Å². The number of aromatic amines is 1. The van der Waals surface area contributed by atoms with Crippen LogP contribution in [0.2, 0.25) is 0 Å². The lowest BCUT2D eigenvalue weighted by molar-refractivity contribution is 0.122. The van der Waals surface area contributed by atoms with Crippen molar-refractivity contribution in [3.8, 4) is 5.82 Å². The Kier molecular flexibility index (Phi) is 3.68. The van der Waals surface area contributed by atoms with Gasteiger partial charge in [0.05, 0.1) is 24.2 Å². The van der Waals surface area contributed by atoms with Gasteiger partial charge in [-0.3, -0.25) is 9.67 Å². The van der Waals surface area contributed by atoms with Crippen molar-refractivity contribution in [3.05, 3.63) is 35.7 Å². The molecule has 0 bridgehead atoms. The van der Waals surface area contributed by atoms with Crippen LogP contribution in [0.15, 0.2) is 24.3 Å². The molecule has 24 heavy (non-hydrogen) atoms. The quantitative estimate of drug-likeness (QED) is 0.801. The zero-order valence-corrected chi connectivity index (χ0v) is 13.2. The van der Waals surface area contributed by atoms with Gasteiger partial charge < -0.3 is 9.64 Å². The zero-order valence-electron chi connectivity index (χ0n) is 13.2. The van der Waals surface area contributed by atoms with Gasteiger partial charge >= 0.3 is 0 Å². The fourth-order valence-electron chi connectivity index (χ4n) is 2.98. The van der Waals surface area contributed by atoms with Gasteiger partial charge in [0.1, 0.15) is 5.82 Å². The van der Waals surface area contributed by atoms with Gasteiger partial charge in [-0.2, -0.15) is 5.10 Å². The van der Waals surface area contributed by atoms with Crippen molar-refractivity contribution < 1.29 is 13.5 Å². The average Bonchev–Trinajstić information content (AvgIpc) is 3.19. The van der Waals surface area contributed by atoms with E-state index in [1.807, 2.05) is 13.0 Å². The number of nitrogens with zero attached hydrogens (tertiary/aromatic N) is 4. The fourth-order valence-corrected chi connectivity index (χ4v) is 2.98. The second-order valence-corrected chi connectivity index (χ2v) is 5.81. The van der Waals surface area contributed by atoms with Gasteiger partial charge in [0.15, 0.2) is 11.6 Å². The molecule has 0 radical (unpaired) electrons. The molecule has 6 nitrogen and oxygen atoms in total. The van der Waals surface area contributed by atoms with Crippen molar-refractivity contribution in [1.82, 2.24) is 19.7 Å². The molecule has 1 aliphatic heterocycles. The van der Waals surface area contributed by atoms with E-state index in [0.717, 1.165) is 24.5 Å². The molecule has 1 saturated heterocycles. The molecule has 1 aliphatic rings. The number of morpholine rings is 1. The minimum absolute atomic E-state index is 0.284. The number of benzene rings is 1. The third-order valence-electron chi connectivity index (χ3n) is 4.16. The molecular weight excluding hydrogens is 316 g/mol. The van der Waals surface area contributed by atoms with E-state index < -0.39 is 6.43 Å². The minimum Gasteiger partial charge on any atom is -0.378 e. The van der Waals surface area contributed by atoms with Crippen LogP contribution in [0, 0.1) is 6.92 Å². The Morgan fingerprint density at radius 3 is 2.75 bits per heavy atom. The van der Waals surface area contributed by atoms with Gasteiger partial charge in [0, 0.05) is 19.2 Å². The number of anilines is 1. The molecule has 2 aromatic heterocycles. The SMILES string of the molecule is Cc1ccc2c(c1)nc(C(F)F)n2-c1cc(N2CCOCC2)n[nH]1. The fraction of sp³-hybridized carbons (Fsp3) is 0.375. The number of alkyl halides is 2. The third kappa shape index (κ3) is 2.52. The molecule has 3 heterocycles. The van der Waals surface area contributed by atoms with E-state index in [9.17, 15) is 8.78 Å². The smallest absolute Gasteiger partial charge is 0.296 e. The van der Waals surface area contributed by atoms with Gasteiger partial charge in [-0.15, -0.1) is 0 Å². The standard InChI is InChI=1S/C16H17F2N5O/c1-10-2-3-12-11(8-10)19-16(15(17)18)23(12)14-9-13(20-21-14)22-4-6-24-7-5-22/h2-3,8-9,15H,4-7H2,1H3,(H,20,21). The predicted molar refractivity (Wildman–Crippen MR) is 85.9 cm³/mol. The number of hydrogen-bond donors (Lipinski definition) is 1. The Labute approximate surface area is 137 Å². The molecule has 0 aliphatic carbocycles. The Morgan fingerprint density at radius 2 is 2.00 bits per heavy atom. The van der Waals surface area contributed by atoms with E-state index in [0.29, 0.717) is 30.1 Å². The van der Waals surface area contributed by atoms with Gasteiger partial charge in [-0.1, -0.05) is 6.07 Å². The van der Waals surface area contributed by atoms with Crippen LogP contribution in [0.1, 0.15) is 17.8 Å². The van der Waals surface area contributed by atoms with Gasteiger partial charge in [0.25, 0.3) is 6.43 Å². The van der Waals surface area contributed by atoms with E-state index >= 15 is 0 Å². The summed E-state index contributed by atoms with van der Waals surface area (Å²) < 4.78 is 33.7. The summed E-state index contributed by atoms with van der Waals surface area (Å²) in [6.07, 6.45) is -2.67. The average molecular weight is 333 g/mol. The molecule has 0 spiro atoms. The van der Waals surface area contributed by atoms with E-state index in [-0.39, 0.29) is 5.82 Å². The number of ether oxygens (including phenoxy) is 1. The summed E-state index contributed by atoms with van der Waals surface area (Å²) in [5, 5.41) is 7.14. The largest absolute Gasteiger partial charge is 0.378 e. The first-order valence-corrected chi connectivity index (χ1v) is 7.79. The molecule has 0 amide bonds. The maximum absolute atomic E-state index is 13.5. The Bertz CT molecular complexity index is 867. The molecule has 0 saturated carbocycles. The van der Waals surface area contributed by atoms with Crippen molar-refractivity contribution in [2.45, 2.75) is 13.3 Å². The number of nitrogens with one attached hydrogen (secondary N) is 1. The summed E-state index contributed by atoms with van der Waals surface area (Å²) >= 11 is 0. The molecule has 126 valence electrons. The van der Waals surface area contributed by atoms with Crippen molar-refractivity contribution >= 4 is 16.9 Å². The number of H-pyrrole nitrogens is 1. The van der Waals surface area contributed by atoms with Crippen LogP contribution < -0.4 is 4.90 Å². The monoisotopic (exact) mass is 333 g/mol. The number of aryl methyl sites for hydroxylation is 1. The highest BCUT2D eigenvalue weighted by Crippen LogP contribution is 2.29. The number of halogens is 2. The Morgan fingerprint density at radius 1 is 1.21 bits per heavy atom. The highest BCUT2D eigenvalue weighted by Gasteiger charge is 2.22. The van der Waals surface area contributed by atoms with Crippen LogP contribution in [0.25, 0.3) is 16.9 Å². The summed E-state index contributed by atoms with van der Waals surface area (Å²) in [5.41, 5.74) is 2.16. The highest BCUT2D eigenvalue weighted by molar-refractivity contribution is 5.79. The first kappa shape index (κ1) is 15.1. The molecule has 0 unspecified atom stereocenters. The normalized spacial score (nSPS) is 15.6. The molecule has 4 rings (SSSR count). The maximum Gasteiger partial charge on any atom is 0.296 e. The molecule has 3 aromatic rings. The Balaban J connectivity index is 1.80. The summed E-state index contributed by atoms with van der Waals surface area (Å²) in [4.78, 5) is 6.17. The number of aromatic nitrogens is 4. The number of rotatable bonds is 3. The number of imidazole rings is 1. The van der Waals surface area contributed by atoms with Gasteiger partial charge in [-0.05, 0) is 24.6 Å². The van der Waals surface area contributed by atoms with Gasteiger partial charge in [-0.25, -0.2) is 13.8 Å². The predicted octanol–water partition coefficient (Wildman–Crippen LogP) is 2.83. The van der Waals surface area contributed by atoms with Crippen LogP contribution >= 0.6 is 0 Å². The molecule has 0 atom stereocenters. The summed E-state index contributed by atoms with van der Waals surface area (Å²) in [6.45, 7) is 4.65. The topological polar surface area (TPSA) is 59.0 Å². The molecule has 8 heteroatoms. The van der Waals surface area contributed by atoms with Crippen molar-refractivity contribution in [2.24, 2.45) is 0 Å². The Hall–Kier alpha value is -2.48. The first-order valence-electron chi connectivity index (χ1n) is 7.79. The van der Waals surface area contributed by atoms with Gasteiger partial charge in [0.2, 0.25) is 0 Å². The van der Waals surface area contributed by atoms with Crippen molar-refractivity contribution in [1.29, 1.82) is 0 Å². The van der Waals surface area contributed by atoms with E-state index in [1.165, 1.54) is 4.57 Å². The second kappa shape index (κ2) is 5.86. The third-order valence-corrected chi connectivity index (χ3v) is 4.16. The summed E-state index contributed by atoms with van der Waals surface area (Å²) in [6, 6.07) is 7.27. The van der Waals surface area contributed by atoms with Crippen molar-refractivity contribution in [2.75, 3.05) is 31.2 Å². The van der Waals surface area contributed by atoms with Crippen LogP contribution in [0.4, 0.5) is 14.6 Å². The van der Waals surface area contributed by atoms with Crippen LogP contribution in [0.3, 0.4) is 0 Å². The number of fused-ring (bicyclic) bond motifs is 1. The lowest BCUT2D eigenvalue weighted by Crippen LogP contribution is -2.36. The molecule has 1 fully saturated rings. The van der Waals surface area contributed by atoms with E-state index in [2.05, 4.69) is 20.1 Å². The minimum atomic E-state index is -2.67. The second-order valence-electron chi connectivity index (χ2n) is 5.81. The number of hydrogen-bond acceptors (Lipinski definition) is 4. The summed E-state index contributed by atoms with van der Waals surface area (Å²) in [7, 11) is 0. The van der Waals surface area contributed by atoms with Crippen molar-refractivity contribution in [3.63, 3.8) is 0 Å². The van der Waals surface area contributed by atoms with E-state index in [4.69, 9.17) is 4.74 Å². The lowest BCUT2D eigenvalue weighted by Gasteiger charge is -2.26. The molecule has 1 N–H and O–H groups in total. The zero-order chi connectivity index (χ0) is 16.7. The van der Waals surface area contributed by atoms with Crippen LogP contribution in [-0.2, 0) is 4.74 Å². The van der Waals surface area contributed by atoms with Crippen LogP contribution in [-0.4, -0.2) is 46.1 Å². The molecular formula is C16H17F2N5O. The summed E-state index contributed by atoms with van der Waals surface area (Å²) in [5.74, 6) is 0.924.